The maximum Gasteiger partial charge on any atom is 0.0558 e. The van der Waals surface area contributed by atoms with E-state index in [1.54, 1.807) is 0 Å². The van der Waals surface area contributed by atoms with Gasteiger partial charge < -0.3 is 15.3 Å². The minimum absolute atomic E-state index is 0.262. The van der Waals surface area contributed by atoms with E-state index < -0.39 is 0 Å². The van der Waals surface area contributed by atoms with Gasteiger partial charge in [0.15, 0.2) is 0 Å². The van der Waals surface area contributed by atoms with E-state index in [-0.39, 0.29) is 12.0 Å². The Hall–Kier alpha value is -0.120. The van der Waals surface area contributed by atoms with Crippen LogP contribution in [0.15, 0.2) is 0 Å². The summed E-state index contributed by atoms with van der Waals surface area (Å²) in [6, 6.07) is 0. The summed E-state index contributed by atoms with van der Waals surface area (Å²) < 4.78 is 0. The summed E-state index contributed by atoms with van der Waals surface area (Å²) in [5.41, 5.74) is 0.277. The Kier molecular flexibility index (Phi) is 8.90. The van der Waals surface area contributed by atoms with Crippen LogP contribution in [0.2, 0.25) is 0 Å². The van der Waals surface area contributed by atoms with Crippen molar-refractivity contribution >= 4 is 0 Å². The Morgan fingerprint density at radius 2 is 1.81 bits per heavy atom. The normalized spacial score (nSPS) is 12.4. The highest BCUT2D eigenvalue weighted by atomic mass is 16.3. The van der Waals surface area contributed by atoms with Gasteiger partial charge in [-0.3, -0.25) is 0 Å². The maximum atomic E-state index is 9.02. The first-order valence-corrected chi connectivity index (χ1v) is 6.59. The number of hydrogen-bond acceptors (Lipinski definition) is 3. The molecule has 0 rings (SSSR count). The molecule has 0 amide bonds. The summed E-state index contributed by atoms with van der Waals surface area (Å²) in [5, 5.41) is 12.5. The van der Waals surface area contributed by atoms with Gasteiger partial charge in [-0.1, -0.05) is 27.7 Å². The van der Waals surface area contributed by atoms with Crippen LogP contribution in [0.5, 0.6) is 0 Å². The molecule has 16 heavy (non-hydrogen) atoms. The summed E-state index contributed by atoms with van der Waals surface area (Å²) in [6.45, 7) is 14.3. The van der Waals surface area contributed by atoms with E-state index >= 15 is 0 Å². The predicted molar refractivity (Wildman–Crippen MR) is 70.8 cm³/mol. The van der Waals surface area contributed by atoms with Gasteiger partial charge in [-0.05, 0) is 31.3 Å². The molecule has 0 aromatic carbocycles. The molecule has 0 aliphatic carbocycles. The van der Waals surface area contributed by atoms with Gasteiger partial charge >= 0.3 is 0 Å². The molecule has 0 aliphatic heterocycles. The number of nitrogens with one attached hydrogen (secondary N) is 1. The second kappa shape index (κ2) is 8.97. The smallest absolute Gasteiger partial charge is 0.0558 e. The van der Waals surface area contributed by atoms with Crippen LogP contribution < -0.4 is 5.32 Å². The summed E-state index contributed by atoms with van der Waals surface area (Å²) in [7, 11) is 0. The fourth-order valence-electron chi connectivity index (χ4n) is 1.99. The van der Waals surface area contributed by atoms with Crippen molar-refractivity contribution in [3.63, 3.8) is 0 Å². The van der Waals surface area contributed by atoms with Crippen LogP contribution in [0.25, 0.3) is 0 Å². The Balaban J connectivity index is 3.96. The molecular formula is C13H30N2O. The first-order chi connectivity index (χ1) is 7.55. The van der Waals surface area contributed by atoms with E-state index in [9.17, 15) is 0 Å². The van der Waals surface area contributed by atoms with Crippen molar-refractivity contribution in [2.75, 3.05) is 39.3 Å². The summed E-state index contributed by atoms with van der Waals surface area (Å²) in [5.74, 6) is 0. The fourth-order valence-corrected chi connectivity index (χ4v) is 1.99. The molecule has 0 aromatic heterocycles. The predicted octanol–water partition coefficient (Wildman–Crippen LogP) is 1.72. The van der Waals surface area contributed by atoms with E-state index in [0.29, 0.717) is 0 Å². The molecule has 0 heterocycles. The molecule has 0 aromatic rings. The monoisotopic (exact) mass is 230 g/mol. The van der Waals surface area contributed by atoms with Crippen LogP contribution in [0, 0.1) is 5.41 Å². The zero-order valence-electron chi connectivity index (χ0n) is 11.6. The zero-order valence-corrected chi connectivity index (χ0v) is 11.6. The SMILES string of the molecule is CCCNCC(C)(C)CN(CCC)CCO. The highest BCUT2D eigenvalue weighted by Crippen LogP contribution is 2.15. The van der Waals surface area contributed by atoms with E-state index in [0.717, 1.165) is 39.1 Å². The van der Waals surface area contributed by atoms with E-state index in [1.165, 1.54) is 6.42 Å². The van der Waals surface area contributed by atoms with Crippen molar-refractivity contribution in [1.29, 1.82) is 0 Å². The molecule has 0 saturated carbocycles. The first kappa shape index (κ1) is 15.9. The second-order valence-corrected chi connectivity index (χ2v) is 5.34. The third kappa shape index (κ3) is 8.08. The van der Waals surface area contributed by atoms with E-state index in [1.807, 2.05) is 0 Å². The van der Waals surface area contributed by atoms with Crippen LogP contribution >= 0.6 is 0 Å². The lowest BCUT2D eigenvalue weighted by molar-refractivity contribution is 0.142. The van der Waals surface area contributed by atoms with Crippen molar-refractivity contribution in [3.8, 4) is 0 Å². The van der Waals surface area contributed by atoms with Crippen molar-refractivity contribution in [2.45, 2.75) is 40.5 Å². The molecule has 3 nitrogen and oxygen atoms in total. The Morgan fingerprint density at radius 1 is 1.12 bits per heavy atom. The lowest BCUT2D eigenvalue weighted by Crippen LogP contribution is -2.42. The molecule has 0 saturated heterocycles. The summed E-state index contributed by atoms with van der Waals surface area (Å²) in [6.07, 6.45) is 2.34. The van der Waals surface area contributed by atoms with E-state index in [2.05, 4.69) is 37.9 Å². The van der Waals surface area contributed by atoms with Gasteiger partial charge in [0, 0.05) is 19.6 Å². The lowest BCUT2D eigenvalue weighted by Gasteiger charge is -2.32. The number of hydrogen-bond donors (Lipinski definition) is 2. The Bertz CT molecular complexity index is 154. The zero-order chi connectivity index (χ0) is 12.4. The molecule has 0 unspecified atom stereocenters. The summed E-state index contributed by atoms with van der Waals surface area (Å²) >= 11 is 0. The third-order valence-corrected chi connectivity index (χ3v) is 2.64. The quantitative estimate of drug-likeness (QED) is 0.561. The summed E-state index contributed by atoms with van der Waals surface area (Å²) in [4.78, 5) is 2.35. The van der Waals surface area contributed by atoms with Crippen molar-refractivity contribution in [3.05, 3.63) is 0 Å². The fraction of sp³-hybridized carbons (Fsp3) is 1.00. The molecule has 2 N–H and O–H groups in total. The largest absolute Gasteiger partial charge is 0.395 e. The van der Waals surface area contributed by atoms with Crippen molar-refractivity contribution in [1.82, 2.24) is 10.2 Å². The average molecular weight is 230 g/mol. The van der Waals surface area contributed by atoms with Gasteiger partial charge in [-0.25, -0.2) is 0 Å². The molecule has 0 spiro atoms. The molecule has 0 radical (unpaired) electrons. The number of aliphatic hydroxyl groups is 1. The standard InChI is InChI=1S/C13H30N2O/c1-5-7-14-11-13(3,4)12-15(8-6-2)9-10-16/h14,16H,5-12H2,1-4H3. The minimum atomic E-state index is 0.262. The van der Waals surface area contributed by atoms with Gasteiger partial charge in [0.05, 0.1) is 6.61 Å². The first-order valence-electron chi connectivity index (χ1n) is 6.59. The van der Waals surface area contributed by atoms with Gasteiger partial charge in [0.1, 0.15) is 0 Å². The maximum absolute atomic E-state index is 9.02. The number of rotatable bonds is 10. The number of nitrogens with zero attached hydrogens (tertiary/aromatic N) is 1. The topological polar surface area (TPSA) is 35.5 Å². The van der Waals surface area contributed by atoms with Crippen LogP contribution in [0.4, 0.5) is 0 Å². The number of aliphatic hydroxyl groups excluding tert-OH is 1. The second-order valence-electron chi connectivity index (χ2n) is 5.34. The van der Waals surface area contributed by atoms with Crippen LogP contribution in [-0.4, -0.2) is 49.3 Å². The highest BCUT2D eigenvalue weighted by molar-refractivity contribution is 4.76. The highest BCUT2D eigenvalue weighted by Gasteiger charge is 2.20. The van der Waals surface area contributed by atoms with Crippen LogP contribution in [0.3, 0.4) is 0 Å². The molecule has 98 valence electrons. The van der Waals surface area contributed by atoms with Crippen molar-refractivity contribution in [2.24, 2.45) is 5.41 Å². The molecule has 0 atom stereocenters. The van der Waals surface area contributed by atoms with Crippen LogP contribution in [-0.2, 0) is 0 Å². The average Bonchev–Trinajstić information content (AvgIpc) is 2.18. The van der Waals surface area contributed by atoms with Gasteiger partial charge in [0.25, 0.3) is 0 Å². The Labute approximate surface area is 101 Å². The third-order valence-electron chi connectivity index (χ3n) is 2.64. The van der Waals surface area contributed by atoms with Gasteiger partial charge in [-0.2, -0.15) is 0 Å². The molecule has 0 fully saturated rings. The molecule has 3 heteroatoms. The Morgan fingerprint density at radius 3 is 2.31 bits per heavy atom. The van der Waals surface area contributed by atoms with Crippen molar-refractivity contribution < 1.29 is 5.11 Å². The van der Waals surface area contributed by atoms with E-state index in [4.69, 9.17) is 5.11 Å². The van der Waals surface area contributed by atoms with Gasteiger partial charge in [-0.15, -0.1) is 0 Å². The minimum Gasteiger partial charge on any atom is -0.395 e. The lowest BCUT2D eigenvalue weighted by atomic mass is 9.92. The molecule has 0 aliphatic rings. The molecular weight excluding hydrogens is 200 g/mol. The van der Waals surface area contributed by atoms with Gasteiger partial charge in [0.2, 0.25) is 0 Å². The van der Waals surface area contributed by atoms with Crippen LogP contribution in [0.1, 0.15) is 40.5 Å². The molecule has 0 bridgehead atoms.